The van der Waals surface area contributed by atoms with Gasteiger partial charge in [0.15, 0.2) is 6.10 Å². The highest BCUT2D eigenvalue weighted by Gasteiger charge is 2.37. The number of nitrogens with one attached hydrogen (secondary N) is 1. The van der Waals surface area contributed by atoms with Crippen molar-refractivity contribution < 1.29 is 9.90 Å². The van der Waals surface area contributed by atoms with E-state index >= 15 is 0 Å². The molecule has 1 atom stereocenters. The van der Waals surface area contributed by atoms with E-state index in [1.165, 1.54) is 0 Å². The topological polar surface area (TPSA) is 74.0 Å². The number of aliphatic hydroxyl groups is 1. The minimum absolute atomic E-state index is 0.309. The Balaban J connectivity index is 2.07. The molecule has 100 valence electrons. The van der Waals surface area contributed by atoms with E-state index in [9.17, 15) is 9.90 Å². The maximum absolute atomic E-state index is 11.6. The molecule has 0 aromatic carbocycles. The first-order chi connectivity index (χ1) is 9.24. The van der Waals surface area contributed by atoms with E-state index in [1.54, 1.807) is 18.4 Å². The Morgan fingerprint density at radius 1 is 1.53 bits per heavy atom. The molecule has 2 N–H and O–H groups in total. The van der Waals surface area contributed by atoms with E-state index in [1.807, 2.05) is 0 Å². The monoisotopic (exact) mass is 259 g/mol. The summed E-state index contributed by atoms with van der Waals surface area (Å²) in [6, 6.07) is 0. The van der Waals surface area contributed by atoms with Crippen LogP contribution in [0.5, 0.6) is 0 Å². The molecule has 0 saturated heterocycles. The normalized spacial score (nSPS) is 23.2. The third kappa shape index (κ3) is 3.08. The van der Waals surface area contributed by atoms with Crippen molar-refractivity contribution in [3.05, 3.63) is 29.7 Å². The summed E-state index contributed by atoms with van der Waals surface area (Å²) in [4.78, 5) is 19.6. The molecule has 0 fully saturated rings. The fraction of sp³-hybridized carbons (Fsp3) is 0.429. The van der Waals surface area contributed by atoms with Gasteiger partial charge in [-0.3, -0.25) is 4.79 Å². The first-order valence-electron chi connectivity index (χ1n) is 6.48. The molecule has 0 spiro atoms. The zero-order valence-corrected chi connectivity index (χ0v) is 10.9. The van der Waals surface area contributed by atoms with Gasteiger partial charge in [-0.15, -0.1) is 0 Å². The van der Waals surface area contributed by atoms with Crippen LogP contribution in [0.4, 0.5) is 0 Å². The Morgan fingerprint density at radius 3 is 3.05 bits per heavy atom. The lowest BCUT2D eigenvalue weighted by atomic mass is 9.95. The minimum Gasteiger partial charge on any atom is -0.384 e. The lowest BCUT2D eigenvalue weighted by Crippen LogP contribution is -2.43. The number of aliphatic imine (C=N–C) groups is 2. The van der Waals surface area contributed by atoms with Gasteiger partial charge in [-0.2, -0.15) is 0 Å². The van der Waals surface area contributed by atoms with Crippen LogP contribution < -0.4 is 5.32 Å². The van der Waals surface area contributed by atoms with Crippen molar-refractivity contribution in [2.45, 2.75) is 32.3 Å². The van der Waals surface area contributed by atoms with Crippen LogP contribution in [0.25, 0.3) is 0 Å². The molecule has 1 heterocycles. The first-order valence-corrected chi connectivity index (χ1v) is 6.48. The molecule has 0 bridgehead atoms. The fourth-order valence-electron chi connectivity index (χ4n) is 1.85. The van der Waals surface area contributed by atoms with Crippen molar-refractivity contribution in [2.24, 2.45) is 9.98 Å². The minimum atomic E-state index is -1.05. The molecule has 2 rings (SSSR count). The predicted octanol–water partition coefficient (Wildman–Crippen LogP) is 1.12. The predicted molar refractivity (Wildman–Crippen MR) is 74.1 cm³/mol. The second-order valence-corrected chi connectivity index (χ2v) is 4.42. The van der Waals surface area contributed by atoms with E-state index in [2.05, 4.69) is 28.1 Å². The SMILES string of the molecule is CCCCCNC1=C(N=C2C=C=NC=C2)C(=O)C1O. The summed E-state index contributed by atoms with van der Waals surface area (Å²) in [5.41, 5.74) is 1.44. The number of carbonyl (C=O) groups excluding carboxylic acids is 1. The molecule has 1 aliphatic heterocycles. The largest absolute Gasteiger partial charge is 0.384 e. The van der Waals surface area contributed by atoms with Gasteiger partial charge in [-0.05, 0) is 18.4 Å². The van der Waals surface area contributed by atoms with Gasteiger partial charge in [0, 0.05) is 18.8 Å². The number of rotatable bonds is 6. The second-order valence-electron chi connectivity index (χ2n) is 4.42. The van der Waals surface area contributed by atoms with Gasteiger partial charge in [0.05, 0.1) is 11.4 Å². The van der Waals surface area contributed by atoms with Crippen LogP contribution in [0.3, 0.4) is 0 Å². The highest BCUT2D eigenvalue weighted by molar-refractivity contribution is 6.15. The molecule has 0 saturated carbocycles. The third-order valence-corrected chi connectivity index (χ3v) is 2.95. The lowest BCUT2D eigenvalue weighted by molar-refractivity contribution is -0.124. The molecular formula is C14H17N3O2. The summed E-state index contributed by atoms with van der Waals surface area (Å²) in [7, 11) is 0. The van der Waals surface area contributed by atoms with Gasteiger partial charge < -0.3 is 10.4 Å². The van der Waals surface area contributed by atoms with Crippen molar-refractivity contribution in [1.82, 2.24) is 5.32 Å². The van der Waals surface area contributed by atoms with E-state index < -0.39 is 6.10 Å². The summed E-state index contributed by atoms with van der Waals surface area (Å²) in [6.45, 7) is 2.87. The fourth-order valence-corrected chi connectivity index (χ4v) is 1.85. The molecule has 0 amide bonds. The maximum Gasteiger partial charge on any atom is 0.217 e. The van der Waals surface area contributed by atoms with Crippen molar-refractivity contribution >= 4 is 17.4 Å². The summed E-state index contributed by atoms with van der Waals surface area (Å²) >= 11 is 0. The summed E-state index contributed by atoms with van der Waals surface area (Å²) in [6.07, 6.45) is 7.06. The summed E-state index contributed by atoms with van der Waals surface area (Å²) < 4.78 is 0. The number of hydrogen-bond acceptors (Lipinski definition) is 5. The van der Waals surface area contributed by atoms with Gasteiger partial charge in [-0.25, -0.2) is 9.98 Å². The van der Waals surface area contributed by atoms with Crippen molar-refractivity contribution in [2.75, 3.05) is 6.54 Å². The molecule has 1 unspecified atom stereocenters. The molecule has 0 aromatic rings. The van der Waals surface area contributed by atoms with Gasteiger partial charge in [0.1, 0.15) is 5.70 Å². The third-order valence-electron chi connectivity index (χ3n) is 2.95. The Hall–Kier alpha value is -1.97. The number of allylic oxidation sites excluding steroid dienone is 2. The lowest BCUT2D eigenvalue weighted by Gasteiger charge is -2.26. The molecule has 5 nitrogen and oxygen atoms in total. The standard InChI is InChI=1S/C14H17N3O2/c1-2-3-4-7-16-11-12(14(19)13(11)18)17-10-5-8-15-9-6-10/h5-6,8,13,16,18H,2-4,7H2,1H3. The number of carbonyl (C=O) groups is 1. The van der Waals surface area contributed by atoms with Crippen LogP contribution in [0.2, 0.25) is 0 Å². The summed E-state index contributed by atoms with van der Waals surface area (Å²) in [5, 5.41) is 12.7. The Labute approximate surface area is 112 Å². The smallest absolute Gasteiger partial charge is 0.217 e. The molecule has 5 heteroatoms. The van der Waals surface area contributed by atoms with Crippen molar-refractivity contribution in [3.8, 4) is 0 Å². The molecule has 1 aliphatic carbocycles. The highest BCUT2D eigenvalue weighted by Crippen LogP contribution is 2.24. The van der Waals surface area contributed by atoms with Crippen LogP contribution in [-0.2, 0) is 4.79 Å². The highest BCUT2D eigenvalue weighted by atomic mass is 16.3. The zero-order chi connectivity index (χ0) is 13.7. The van der Waals surface area contributed by atoms with Crippen molar-refractivity contribution in [1.29, 1.82) is 0 Å². The molecule has 2 aliphatic rings. The number of ketones is 1. The van der Waals surface area contributed by atoms with Gasteiger partial charge >= 0.3 is 0 Å². The molecule has 0 radical (unpaired) electrons. The quantitative estimate of drug-likeness (QED) is 0.702. The van der Waals surface area contributed by atoms with E-state index in [-0.39, 0.29) is 5.78 Å². The maximum atomic E-state index is 11.6. The van der Waals surface area contributed by atoms with Crippen LogP contribution in [0.15, 0.2) is 39.7 Å². The van der Waals surface area contributed by atoms with Crippen LogP contribution >= 0.6 is 0 Å². The van der Waals surface area contributed by atoms with Crippen molar-refractivity contribution in [3.63, 3.8) is 0 Å². The van der Waals surface area contributed by atoms with Crippen LogP contribution in [0.1, 0.15) is 26.2 Å². The average Bonchev–Trinajstić information content (AvgIpc) is 2.46. The first kappa shape index (κ1) is 13.5. The number of aliphatic hydroxyl groups excluding tert-OH is 1. The number of unbranched alkanes of at least 4 members (excludes halogenated alkanes) is 2. The molecular weight excluding hydrogens is 242 g/mol. The molecule has 0 aromatic heterocycles. The Kier molecular flexibility index (Phi) is 4.44. The average molecular weight is 259 g/mol. The van der Waals surface area contributed by atoms with Crippen LogP contribution in [0, 0.1) is 0 Å². The Morgan fingerprint density at radius 2 is 2.37 bits per heavy atom. The van der Waals surface area contributed by atoms with E-state index in [0.717, 1.165) is 25.8 Å². The van der Waals surface area contributed by atoms with Gasteiger partial charge in [0.25, 0.3) is 0 Å². The van der Waals surface area contributed by atoms with E-state index in [4.69, 9.17) is 0 Å². The van der Waals surface area contributed by atoms with Gasteiger partial charge in [0.2, 0.25) is 5.78 Å². The number of nitrogens with zero attached hydrogens (tertiary/aromatic N) is 2. The van der Waals surface area contributed by atoms with Gasteiger partial charge in [-0.1, -0.05) is 19.8 Å². The van der Waals surface area contributed by atoms with E-state index in [0.29, 0.717) is 17.1 Å². The number of hydrogen-bond donors (Lipinski definition) is 2. The van der Waals surface area contributed by atoms with Crippen LogP contribution in [-0.4, -0.2) is 35.1 Å². The second kappa shape index (κ2) is 6.27. The molecule has 19 heavy (non-hydrogen) atoms. The zero-order valence-electron chi connectivity index (χ0n) is 10.9. The number of Topliss-reactive ketones (excluding diaryl/α,β-unsaturated/α-hetero) is 1. The Bertz CT molecular complexity index is 523. The summed E-state index contributed by atoms with van der Waals surface area (Å²) in [5.74, 6) is 2.32.